The number of hydrogen-bond donors (Lipinski definition) is 1. The fraction of sp³-hybridized carbons (Fsp3) is 0.833. The van der Waals surface area contributed by atoms with Gasteiger partial charge in [-0.1, -0.05) is 6.58 Å². The van der Waals surface area contributed by atoms with Crippen LogP contribution in [0.1, 0.15) is 27.7 Å². The van der Waals surface area contributed by atoms with Gasteiger partial charge in [0.25, 0.3) is 0 Å². The van der Waals surface area contributed by atoms with Gasteiger partial charge in [-0.2, -0.15) is 0 Å². The quantitative estimate of drug-likeness (QED) is 0.721. The highest BCUT2D eigenvalue weighted by Crippen LogP contribution is 2.47. The molecule has 0 bridgehead atoms. The van der Waals surface area contributed by atoms with Crippen molar-refractivity contribution in [3.8, 4) is 0 Å². The summed E-state index contributed by atoms with van der Waals surface area (Å²) in [5, 5.41) is 3.47. The van der Waals surface area contributed by atoms with E-state index in [9.17, 15) is 0 Å². The van der Waals surface area contributed by atoms with Crippen LogP contribution in [0.4, 0.5) is 0 Å². The van der Waals surface area contributed by atoms with E-state index in [-0.39, 0.29) is 0 Å². The average Bonchev–Trinajstić information content (AvgIpc) is 2.50. The molecule has 1 N–H and O–H groups in total. The largest absolute Gasteiger partial charge is 0.386 e. The lowest BCUT2D eigenvalue weighted by molar-refractivity contribution is 0.151. The van der Waals surface area contributed by atoms with Crippen LogP contribution in [0.3, 0.4) is 0 Å². The number of rotatable bonds is 2. The Hall–Kier alpha value is -0.500. The van der Waals surface area contributed by atoms with Crippen molar-refractivity contribution in [3.63, 3.8) is 0 Å². The van der Waals surface area contributed by atoms with Gasteiger partial charge < -0.3 is 5.32 Å². The van der Waals surface area contributed by atoms with Gasteiger partial charge >= 0.3 is 0 Å². The van der Waals surface area contributed by atoms with Gasteiger partial charge in [0.05, 0.1) is 0 Å². The Morgan fingerprint density at radius 1 is 1.29 bits per heavy atom. The maximum atomic E-state index is 3.91. The molecule has 80 valence electrons. The number of nitrogens with one attached hydrogen (secondary N) is 1. The Bertz CT molecular complexity index is 240. The molecule has 1 aliphatic carbocycles. The molecule has 1 aliphatic heterocycles. The lowest BCUT2D eigenvalue weighted by Gasteiger charge is -2.33. The molecule has 1 saturated heterocycles. The third-order valence-electron chi connectivity index (χ3n) is 3.56. The van der Waals surface area contributed by atoms with Gasteiger partial charge in [0, 0.05) is 30.4 Å². The standard InChI is InChI=1S/C12H22N2/c1-8(2)13-11-9-6-14(7-10(9)11)12(3,4)5/h9-11,13H,1,6-7H2,2-5H3. The van der Waals surface area contributed by atoms with E-state index in [1.54, 1.807) is 0 Å². The predicted octanol–water partition coefficient (Wildman–Crippen LogP) is 1.84. The highest BCUT2D eigenvalue weighted by atomic mass is 15.3. The topological polar surface area (TPSA) is 15.3 Å². The fourth-order valence-corrected chi connectivity index (χ4v) is 2.57. The first-order valence-corrected chi connectivity index (χ1v) is 5.56. The number of allylic oxidation sites excluding steroid dienone is 1. The molecule has 2 rings (SSSR count). The number of nitrogens with zero attached hydrogens (tertiary/aromatic N) is 1. The second kappa shape index (κ2) is 2.99. The van der Waals surface area contributed by atoms with Gasteiger partial charge in [-0.05, 0) is 39.5 Å². The van der Waals surface area contributed by atoms with E-state index in [2.05, 4.69) is 44.5 Å². The third-order valence-corrected chi connectivity index (χ3v) is 3.56. The molecule has 2 aliphatic rings. The summed E-state index contributed by atoms with van der Waals surface area (Å²) in [4.78, 5) is 2.60. The first kappa shape index (κ1) is 10.0. The summed E-state index contributed by atoms with van der Waals surface area (Å²) < 4.78 is 0. The van der Waals surface area contributed by atoms with Crippen LogP contribution in [-0.4, -0.2) is 29.6 Å². The molecule has 2 heteroatoms. The minimum atomic E-state index is 0.348. The molecule has 14 heavy (non-hydrogen) atoms. The smallest absolute Gasteiger partial charge is 0.0346 e. The molecule has 0 aromatic rings. The van der Waals surface area contributed by atoms with E-state index < -0.39 is 0 Å². The van der Waals surface area contributed by atoms with Crippen molar-refractivity contribution in [2.45, 2.75) is 39.3 Å². The zero-order chi connectivity index (χ0) is 10.5. The monoisotopic (exact) mass is 194 g/mol. The molecule has 2 atom stereocenters. The molecule has 0 amide bonds. The first-order chi connectivity index (χ1) is 6.39. The zero-order valence-electron chi connectivity index (χ0n) is 9.80. The molecule has 1 saturated carbocycles. The van der Waals surface area contributed by atoms with Crippen molar-refractivity contribution in [1.82, 2.24) is 10.2 Å². The molecule has 1 heterocycles. The summed E-state index contributed by atoms with van der Waals surface area (Å²) in [6.45, 7) is 15.4. The predicted molar refractivity (Wildman–Crippen MR) is 60.0 cm³/mol. The van der Waals surface area contributed by atoms with Gasteiger partial charge in [0.1, 0.15) is 0 Å². The van der Waals surface area contributed by atoms with Crippen molar-refractivity contribution in [2.75, 3.05) is 13.1 Å². The van der Waals surface area contributed by atoms with Crippen molar-refractivity contribution in [1.29, 1.82) is 0 Å². The van der Waals surface area contributed by atoms with Crippen LogP contribution < -0.4 is 5.32 Å². The second-order valence-corrected chi connectivity index (χ2v) is 5.85. The molecule has 0 aromatic carbocycles. The van der Waals surface area contributed by atoms with Gasteiger partial charge in [-0.3, -0.25) is 4.90 Å². The highest BCUT2D eigenvalue weighted by Gasteiger charge is 2.57. The van der Waals surface area contributed by atoms with Crippen LogP contribution in [-0.2, 0) is 0 Å². The lowest BCUT2D eigenvalue weighted by atomic mass is 10.1. The summed E-state index contributed by atoms with van der Waals surface area (Å²) in [6.07, 6.45) is 0. The average molecular weight is 194 g/mol. The SMILES string of the molecule is C=C(C)NC1C2CN(C(C)(C)C)CC21. The van der Waals surface area contributed by atoms with Crippen LogP contribution in [0.2, 0.25) is 0 Å². The summed E-state index contributed by atoms with van der Waals surface area (Å²) in [5.41, 5.74) is 1.47. The van der Waals surface area contributed by atoms with E-state index in [0.717, 1.165) is 23.6 Å². The summed E-state index contributed by atoms with van der Waals surface area (Å²) in [6, 6.07) is 0.728. The van der Waals surface area contributed by atoms with E-state index in [4.69, 9.17) is 0 Å². The van der Waals surface area contributed by atoms with Crippen molar-refractivity contribution < 1.29 is 0 Å². The fourth-order valence-electron chi connectivity index (χ4n) is 2.57. The Balaban J connectivity index is 1.85. The first-order valence-electron chi connectivity index (χ1n) is 5.56. The van der Waals surface area contributed by atoms with Crippen LogP contribution in [0, 0.1) is 11.8 Å². The van der Waals surface area contributed by atoms with E-state index in [1.165, 1.54) is 13.1 Å². The molecular formula is C12H22N2. The van der Waals surface area contributed by atoms with E-state index in [1.807, 2.05) is 0 Å². The number of piperidine rings is 1. The summed E-state index contributed by atoms with van der Waals surface area (Å²) >= 11 is 0. The van der Waals surface area contributed by atoms with Crippen LogP contribution >= 0.6 is 0 Å². The number of likely N-dealkylation sites (tertiary alicyclic amines) is 1. The second-order valence-electron chi connectivity index (χ2n) is 5.85. The lowest BCUT2D eigenvalue weighted by Crippen LogP contribution is -2.43. The van der Waals surface area contributed by atoms with E-state index >= 15 is 0 Å². The number of fused-ring (bicyclic) bond motifs is 1. The summed E-state index contributed by atoms with van der Waals surface area (Å²) in [5.74, 6) is 1.76. The van der Waals surface area contributed by atoms with Crippen LogP contribution in [0.25, 0.3) is 0 Å². The highest BCUT2D eigenvalue weighted by molar-refractivity contribution is 5.14. The molecule has 0 aromatic heterocycles. The Morgan fingerprint density at radius 2 is 1.79 bits per heavy atom. The van der Waals surface area contributed by atoms with Crippen LogP contribution in [0.15, 0.2) is 12.3 Å². The van der Waals surface area contributed by atoms with Gasteiger partial charge in [0.2, 0.25) is 0 Å². The molecule has 0 spiro atoms. The molecule has 0 radical (unpaired) electrons. The third kappa shape index (κ3) is 1.68. The molecule has 2 nitrogen and oxygen atoms in total. The van der Waals surface area contributed by atoms with Crippen molar-refractivity contribution >= 4 is 0 Å². The van der Waals surface area contributed by atoms with Crippen molar-refractivity contribution in [2.24, 2.45) is 11.8 Å². The minimum absolute atomic E-state index is 0.348. The molecule has 2 unspecified atom stereocenters. The maximum absolute atomic E-state index is 3.91. The van der Waals surface area contributed by atoms with Crippen molar-refractivity contribution in [3.05, 3.63) is 12.3 Å². The van der Waals surface area contributed by atoms with E-state index in [0.29, 0.717) is 5.54 Å². The Morgan fingerprint density at radius 3 is 2.14 bits per heavy atom. The maximum Gasteiger partial charge on any atom is 0.0346 e. The Kier molecular flexibility index (Phi) is 2.15. The number of hydrogen-bond acceptors (Lipinski definition) is 2. The van der Waals surface area contributed by atoms with Crippen LogP contribution in [0.5, 0.6) is 0 Å². The molecular weight excluding hydrogens is 172 g/mol. The summed E-state index contributed by atoms with van der Waals surface area (Å²) in [7, 11) is 0. The van der Waals surface area contributed by atoms with Gasteiger partial charge in [-0.25, -0.2) is 0 Å². The van der Waals surface area contributed by atoms with Gasteiger partial charge in [0.15, 0.2) is 0 Å². The Labute approximate surface area is 87.4 Å². The van der Waals surface area contributed by atoms with Gasteiger partial charge in [-0.15, -0.1) is 0 Å². The molecule has 2 fully saturated rings. The normalized spacial score (nSPS) is 36.7. The minimum Gasteiger partial charge on any atom is -0.386 e. The zero-order valence-corrected chi connectivity index (χ0v) is 9.80.